The summed E-state index contributed by atoms with van der Waals surface area (Å²) in [6.07, 6.45) is 9.29. The molecule has 1 aliphatic carbocycles. The minimum Gasteiger partial charge on any atom is -0.395 e. The number of rotatable bonds is 11. The third kappa shape index (κ3) is 7.68. The molecule has 0 saturated carbocycles. The van der Waals surface area contributed by atoms with Crippen LogP contribution in [0.3, 0.4) is 0 Å². The van der Waals surface area contributed by atoms with Gasteiger partial charge in [0.05, 0.1) is 13.2 Å². The number of nitrogens with one attached hydrogen (secondary N) is 1. The van der Waals surface area contributed by atoms with Crippen LogP contribution in [-0.2, 0) is 22.6 Å². The maximum atomic E-state index is 12.2. The average molecular weight is 485 g/mol. The van der Waals surface area contributed by atoms with Crippen molar-refractivity contribution in [3.63, 3.8) is 0 Å². The first-order valence-electron chi connectivity index (χ1n) is 11.7. The summed E-state index contributed by atoms with van der Waals surface area (Å²) in [5.74, 6) is 0.531. The van der Waals surface area contributed by atoms with E-state index in [4.69, 9.17) is 0 Å². The van der Waals surface area contributed by atoms with Crippen LogP contribution >= 0.6 is 11.8 Å². The lowest BCUT2D eigenvalue weighted by Gasteiger charge is -2.23. The van der Waals surface area contributed by atoms with Crippen LogP contribution in [0.5, 0.6) is 0 Å². The molecule has 0 radical (unpaired) electrons. The summed E-state index contributed by atoms with van der Waals surface area (Å²) in [5.41, 5.74) is 5.85. The summed E-state index contributed by atoms with van der Waals surface area (Å²) in [6, 6.07) is 10.3. The molecular weight excluding hydrogens is 450 g/mol. The Morgan fingerprint density at radius 3 is 2.53 bits per heavy atom. The molecule has 0 fully saturated rings. The number of aryl methyl sites for hydroxylation is 1. The highest BCUT2D eigenvalue weighted by Gasteiger charge is 2.19. The van der Waals surface area contributed by atoms with Crippen molar-refractivity contribution < 1.29 is 24.4 Å². The molecule has 1 aliphatic rings. The summed E-state index contributed by atoms with van der Waals surface area (Å²) >= 11 is 1.22. The molecule has 0 bridgehead atoms. The summed E-state index contributed by atoms with van der Waals surface area (Å²) in [5, 5.41) is 21.4. The first-order valence-corrected chi connectivity index (χ1v) is 12.7. The molecule has 0 spiro atoms. The molecule has 2 aromatic rings. The van der Waals surface area contributed by atoms with Gasteiger partial charge in [-0.05, 0) is 48.1 Å². The quantitative estimate of drug-likeness (QED) is 0.334. The third-order valence-corrected chi connectivity index (χ3v) is 6.55. The van der Waals surface area contributed by atoms with Crippen molar-refractivity contribution in [3.8, 4) is 0 Å². The molecule has 3 rings (SSSR count). The second kappa shape index (κ2) is 13.3. The van der Waals surface area contributed by atoms with Gasteiger partial charge in [0.1, 0.15) is 0 Å². The van der Waals surface area contributed by atoms with Crippen molar-refractivity contribution in [2.24, 2.45) is 0 Å². The van der Waals surface area contributed by atoms with Crippen LogP contribution in [0.25, 0.3) is 11.6 Å². The fraction of sp³-hybridized carbons (Fsp3) is 0.423. The summed E-state index contributed by atoms with van der Waals surface area (Å²) in [7, 11) is 0. The molecule has 1 heterocycles. The number of nitrogens with zero attached hydrogens (tertiary/aromatic N) is 2. The van der Waals surface area contributed by atoms with E-state index < -0.39 is 0 Å². The number of fused-ring (bicyclic) bond motifs is 1. The lowest BCUT2D eigenvalue weighted by molar-refractivity contribution is -0.684. The predicted molar refractivity (Wildman–Crippen MR) is 136 cm³/mol. The zero-order valence-electron chi connectivity index (χ0n) is 19.7. The fourth-order valence-electron chi connectivity index (χ4n) is 4.16. The minimum absolute atomic E-state index is 0.0448. The molecule has 182 valence electrons. The molecule has 34 heavy (non-hydrogen) atoms. The lowest BCUT2D eigenvalue weighted by atomic mass is 9.87. The van der Waals surface area contributed by atoms with Gasteiger partial charge in [-0.15, -0.1) is 0 Å². The molecule has 3 N–H and O–H groups in total. The number of carbonyl (C=O) groups excluding carboxylic acids is 2. The van der Waals surface area contributed by atoms with Crippen LogP contribution in [0, 0.1) is 0 Å². The number of thioether (sulfide) groups is 1. The average Bonchev–Trinajstić information content (AvgIpc) is 2.82. The lowest BCUT2D eigenvalue weighted by Crippen LogP contribution is -2.43. The highest BCUT2D eigenvalue weighted by atomic mass is 32.2. The Morgan fingerprint density at radius 1 is 1.12 bits per heavy atom. The molecule has 1 aromatic heterocycles. The van der Waals surface area contributed by atoms with Gasteiger partial charge in [-0.1, -0.05) is 30.0 Å². The standard InChI is InChI=1S/C26H33N3O4S/c1-20(32)34-16-10-27-26(33)19-28-11-9-25-22(3-2-4-23(25)18-28)17-21-5-7-24(8-6-21)29(12-14-30)13-15-31/h5-9,11,17-18,30-31H,2-4,10,12-16,19H2,1H3/p+1. The van der Waals surface area contributed by atoms with Gasteiger partial charge in [0.2, 0.25) is 6.54 Å². The number of anilines is 1. The molecular formula is C26H34N3O4S+. The van der Waals surface area contributed by atoms with Gasteiger partial charge in [-0.25, -0.2) is 0 Å². The van der Waals surface area contributed by atoms with Crippen molar-refractivity contribution >= 4 is 40.1 Å². The van der Waals surface area contributed by atoms with Crippen LogP contribution < -0.4 is 14.8 Å². The van der Waals surface area contributed by atoms with Crippen molar-refractivity contribution in [2.75, 3.05) is 43.5 Å². The van der Waals surface area contributed by atoms with Gasteiger partial charge in [0.25, 0.3) is 5.91 Å². The van der Waals surface area contributed by atoms with Crippen LogP contribution in [-0.4, -0.2) is 59.8 Å². The van der Waals surface area contributed by atoms with Gasteiger partial charge < -0.3 is 20.4 Å². The van der Waals surface area contributed by atoms with Crippen LogP contribution in [0.4, 0.5) is 5.69 Å². The van der Waals surface area contributed by atoms with Crippen molar-refractivity contribution in [1.82, 2.24) is 5.32 Å². The molecule has 8 heteroatoms. The zero-order valence-corrected chi connectivity index (χ0v) is 20.5. The highest BCUT2D eigenvalue weighted by Crippen LogP contribution is 2.31. The second-order valence-electron chi connectivity index (χ2n) is 8.30. The number of pyridine rings is 1. The first kappa shape index (κ1) is 25.9. The van der Waals surface area contributed by atoms with E-state index in [2.05, 4.69) is 35.8 Å². The van der Waals surface area contributed by atoms with Crippen molar-refractivity contribution in [3.05, 3.63) is 59.4 Å². The van der Waals surface area contributed by atoms with Gasteiger partial charge in [0.15, 0.2) is 17.5 Å². The number of hydrogen-bond donors (Lipinski definition) is 3. The number of amides is 1. The Bertz CT molecular complexity index is 1000. The first-order chi connectivity index (χ1) is 16.5. The minimum atomic E-state index is -0.0581. The monoisotopic (exact) mass is 484 g/mol. The second-order valence-corrected chi connectivity index (χ2v) is 9.57. The van der Waals surface area contributed by atoms with E-state index in [0.29, 0.717) is 25.4 Å². The SMILES string of the molecule is CC(=O)SCCNC(=O)C[n+]1ccc2c(c1)CCCC2=Cc1ccc(N(CCO)CCO)cc1. The molecule has 0 unspecified atom stereocenters. The Morgan fingerprint density at radius 2 is 1.85 bits per heavy atom. The highest BCUT2D eigenvalue weighted by molar-refractivity contribution is 8.13. The topological polar surface area (TPSA) is 93.8 Å². The molecule has 7 nitrogen and oxygen atoms in total. The predicted octanol–water partition coefficient (Wildman–Crippen LogP) is 2.04. The Kier molecular flexibility index (Phi) is 10.1. The number of benzene rings is 1. The van der Waals surface area contributed by atoms with E-state index in [0.717, 1.165) is 30.5 Å². The maximum Gasteiger partial charge on any atom is 0.286 e. The van der Waals surface area contributed by atoms with Crippen LogP contribution in [0.1, 0.15) is 36.5 Å². The van der Waals surface area contributed by atoms with E-state index in [-0.39, 0.29) is 30.8 Å². The Labute approximate surface area is 205 Å². The van der Waals surface area contributed by atoms with Crippen LogP contribution in [0.15, 0.2) is 42.7 Å². The summed E-state index contributed by atoms with van der Waals surface area (Å²) < 4.78 is 1.92. The number of aliphatic hydroxyl groups is 2. The fourth-order valence-corrected chi connectivity index (χ4v) is 4.65. The number of aromatic nitrogens is 1. The van der Waals surface area contributed by atoms with E-state index >= 15 is 0 Å². The summed E-state index contributed by atoms with van der Waals surface area (Å²) in [4.78, 5) is 25.2. The van der Waals surface area contributed by atoms with E-state index in [1.807, 2.05) is 27.8 Å². The van der Waals surface area contributed by atoms with E-state index in [9.17, 15) is 19.8 Å². The molecule has 0 aliphatic heterocycles. The largest absolute Gasteiger partial charge is 0.395 e. The number of allylic oxidation sites excluding steroid dienone is 1. The molecule has 1 aromatic carbocycles. The van der Waals surface area contributed by atoms with Gasteiger partial charge >= 0.3 is 0 Å². The number of carbonyl (C=O) groups is 2. The molecule has 1 amide bonds. The molecule has 0 atom stereocenters. The van der Waals surface area contributed by atoms with Gasteiger partial charge in [0, 0.05) is 49.6 Å². The van der Waals surface area contributed by atoms with Crippen LogP contribution in [0.2, 0.25) is 0 Å². The number of hydrogen-bond acceptors (Lipinski definition) is 6. The van der Waals surface area contributed by atoms with Gasteiger partial charge in [-0.2, -0.15) is 4.57 Å². The smallest absolute Gasteiger partial charge is 0.286 e. The van der Waals surface area contributed by atoms with E-state index in [1.165, 1.54) is 35.4 Å². The third-order valence-electron chi connectivity index (χ3n) is 5.73. The maximum absolute atomic E-state index is 12.2. The summed E-state index contributed by atoms with van der Waals surface area (Å²) in [6.45, 7) is 3.34. The Hall–Kier alpha value is -2.68. The Balaban J connectivity index is 1.66. The van der Waals surface area contributed by atoms with Gasteiger partial charge in [-0.3, -0.25) is 9.59 Å². The van der Waals surface area contributed by atoms with E-state index in [1.54, 1.807) is 0 Å². The molecule has 0 saturated heterocycles. The zero-order chi connectivity index (χ0) is 24.3. The normalized spacial score (nSPS) is 14.0. The van der Waals surface area contributed by atoms with Crippen molar-refractivity contribution in [1.29, 1.82) is 0 Å². The van der Waals surface area contributed by atoms with Crippen molar-refractivity contribution in [2.45, 2.75) is 32.7 Å². The number of aliphatic hydroxyl groups excluding tert-OH is 2.